The van der Waals surface area contributed by atoms with Crippen molar-refractivity contribution in [3.8, 4) is 0 Å². The first-order valence-corrected chi connectivity index (χ1v) is 12.9. The van der Waals surface area contributed by atoms with Gasteiger partial charge in [-0.3, -0.25) is 4.79 Å². The first-order valence-electron chi connectivity index (χ1n) is 12.1. The zero-order valence-electron chi connectivity index (χ0n) is 19.5. The molecule has 4 aromatic rings. The van der Waals surface area contributed by atoms with Gasteiger partial charge in [0.25, 0.3) is 0 Å². The standard InChI is InChI=1S/C26H30N6OS/c1-2-31(20-8-4-3-5-9-20)15-7-14-27-25(33)19-11-16-32(17-12-19)24-23-22(29-18-30-24)21-10-6-13-28-26(21)34-23/h3-6,8-10,13,18-19H,2,7,11-12,14-17H2,1H3,(H,27,33). The molecule has 1 aliphatic heterocycles. The molecule has 5 rings (SSSR count). The monoisotopic (exact) mass is 474 g/mol. The van der Waals surface area contributed by atoms with E-state index in [0.717, 1.165) is 71.7 Å². The van der Waals surface area contributed by atoms with Crippen molar-refractivity contribution in [2.75, 3.05) is 42.5 Å². The molecular formula is C26H30N6OS. The maximum absolute atomic E-state index is 12.8. The second-order valence-electron chi connectivity index (χ2n) is 8.65. The molecule has 1 saturated heterocycles. The Morgan fingerprint density at radius 1 is 1.12 bits per heavy atom. The summed E-state index contributed by atoms with van der Waals surface area (Å²) in [5.41, 5.74) is 2.20. The van der Waals surface area contributed by atoms with Crippen LogP contribution in [0, 0.1) is 5.92 Å². The normalized spacial score (nSPS) is 14.6. The molecule has 34 heavy (non-hydrogen) atoms. The molecular weight excluding hydrogens is 444 g/mol. The van der Waals surface area contributed by atoms with Crippen LogP contribution in [0.3, 0.4) is 0 Å². The number of amides is 1. The molecule has 1 N–H and O–H groups in total. The number of hydrogen-bond donors (Lipinski definition) is 1. The maximum Gasteiger partial charge on any atom is 0.223 e. The van der Waals surface area contributed by atoms with Gasteiger partial charge in [0.15, 0.2) is 0 Å². The molecule has 0 aliphatic carbocycles. The fourth-order valence-corrected chi connectivity index (χ4v) is 5.83. The van der Waals surface area contributed by atoms with Gasteiger partial charge in [-0.25, -0.2) is 15.0 Å². The number of fused-ring (bicyclic) bond motifs is 3. The number of para-hydroxylation sites is 1. The van der Waals surface area contributed by atoms with Gasteiger partial charge in [0, 0.05) is 55.9 Å². The van der Waals surface area contributed by atoms with E-state index in [4.69, 9.17) is 0 Å². The van der Waals surface area contributed by atoms with Gasteiger partial charge in [-0.05, 0) is 50.5 Å². The minimum atomic E-state index is 0.0639. The molecule has 0 atom stereocenters. The van der Waals surface area contributed by atoms with Gasteiger partial charge >= 0.3 is 0 Å². The minimum absolute atomic E-state index is 0.0639. The Bertz CT molecular complexity index is 1250. The van der Waals surface area contributed by atoms with Crippen LogP contribution in [-0.2, 0) is 4.79 Å². The molecule has 1 amide bonds. The predicted octanol–water partition coefficient (Wildman–Crippen LogP) is 4.49. The quantitative estimate of drug-likeness (QED) is 0.379. The van der Waals surface area contributed by atoms with Crippen molar-refractivity contribution in [1.82, 2.24) is 20.3 Å². The average molecular weight is 475 g/mol. The van der Waals surface area contributed by atoms with Crippen molar-refractivity contribution in [2.45, 2.75) is 26.2 Å². The van der Waals surface area contributed by atoms with Gasteiger partial charge in [0.1, 0.15) is 17.0 Å². The number of hydrogen-bond acceptors (Lipinski definition) is 7. The number of rotatable bonds is 8. The van der Waals surface area contributed by atoms with Gasteiger partial charge in [-0.2, -0.15) is 0 Å². The maximum atomic E-state index is 12.8. The van der Waals surface area contributed by atoms with E-state index in [1.807, 2.05) is 18.3 Å². The second kappa shape index (κ2) is 10.3. The molecule has 0 unspecified atom stereocenters. The summed E-state index contributed by atoms with van der Waals surface area (Å²) in [5.74, 6) is 1.21. The smallest absolute Gasteiger partial charge is 0.223 e. The molecule has 1 aliphatic rings. The number of carbonyl (C=O) groups is 1. The lowest BCUT2D eigenvalue weighted by molar-refractivity contribution is -0.125. The number of aromatic nitrogens is 3. The van der Waals surface area contributed by atoms with Crippen LogP contribution in [0.1, 0.15) is 26.2 Å². The molecule has 4 heterocycles. The molecule has 3 aromatic heterocycles. The SMILES string of the molecule is CCN(CCCNC(=O)C1CCN(c2ncnc3c2sc2ncccc23)CC1)c1ccccc1. The average Bonchev–Trinajstić information content (AvgIpc) is 3.28. The fraction of sp³-hybridized carbons (Fsp3) is 0.385. The van der Waals surface area contributed by atoms with E-state index in [2.05, 4.69) is 67.3 Å². The van der Waals surface area contributed by atoms with E-state index in [1.54, 1.807) is 17.7 Å². The van der Waals surface area contributed by atoms with Crippen molar-refractivity contribution in [1.29, 1.82) is 0 Å². The molecule has 0 bridgehead atoms. The van der Waals surface area contributed by atoms with Crippen molar-refractivity contribution in [3.63, 3.8) is 0 Å². The van der Waals surface area contributed by atoms with Gasteiger partial charge < -0.3 is 15.1 Å². The van der Waals surface area contributed by atoms with Gasteiger partial charge in [-0.1, -0.05) is 18.2 Å². The summed E-state index contributed by atoms with van der Waals surface area (Å²) in [6.45, 7) is 6.42. The zero-order valence-corrected chi connectivity index (χ0v) is 20.3. The van der Waals surface area contributed by atoms with Crippen LogP contribution in [0.4, 0.5) is 11.5 Å². The highest BCUT2D eigenvalue weighted by molar-refractivity contribution is 7.25. The van der Waals surface area contributed by atoms with E-state index in [9.17, 15) is 4.79 Å². The molecule has 176 valence electrons. The van der Waals surface area contributed by atoms with Gasteiger partial charge in [-0.15, -0.1) is 11.3 Å². The van der Waals surface area contributed by atoms with Crippen LogP contribution in [0.15, 0.2) is 55.0 Å². The number of nitrogens with one attached hydrogen (secondary N) is 1. The molecule has 1 fully saturated rings. The lowest BCUT2D eigenvalue weighted by Crippen LogP contribution is -2.41. The predicted molar refractivity (Wildman–Crippen MR) is 140 cm³/mol. The topological polar surface area (TPSA) is 74.2 Å². The van der Waals surface area contributed by atoms with Crippen molar-refractivity contribution >= 4 is 49.2 Å². The minimum Gasteiger partial charge on any atom is -0.372 e. The van der Waals surface area contributed by atoms with Crippen LogP contribution in [0.5, 0.6) is 0 Å². The molecule has 0 spiro atoms. The van der Waals surface area contributed by atoms with E-state index >= 15 is 0 Å². The first-order chi connectivity index (χ1) is 16.7. The van der Waals surface area contributed by atoms with E-state index in [0.29, 0.717) is 6.54 Å². The van der Waals surface area contributed by atoms with Crippen LogP contribution < -0.4 is 15.1 Å². The summed E-state index contributed by atoms with van der Waals surface area (Å²) >= 11 is 1.64. The summed E-state index contributed by atoms with van der Waals surface area (Å²) in [7, 11) is 0. The number of pyridine rings is 1. The number of anilines is 2. The fourth-order valence-electron chi connectivity index (χ4n) is 4.71. The molecule has 0 saturated carbocycles. The van der Waals surface area contributed by atoms with E-state index in [1.165, 1.54) is 5.69 Å². The first kappa shape index (κ1) is 22.5. The van der Waals surface area contributed by atoms with Gasteiger partial charge in [0.2, 0.25) is 5.91 Å². The highest BCUT2D eigenvalue weighted by Gasteiger charge is 2.27. The number of benzene rings is 1. The van der Waals surface area contributed by atoms with Gasteiger partial charge in [0.05, 0.1) is 10.2 Å². The number of piperidine rings is 1. The lowest BCUT2D eigenvalue weighted by Gasteiger charge is -2.32. The summed E-state index contributed by atoms with van der Waals surface area (Å²) in [4.78, 5) is 32.0. The molecule has 0 radical (unpaired) electrons. The third-order valence-corrected chi connectivity index (χ3v) is 7.68. The Labute approximate surface area is 203 Å². The molecule has 7 nitrogen and oxygen atoms in total. The van der Waals surface area contributed by atoms with E-state index < -0.39 is 0 Å². The zero-order chi connectivity index (χ0) is 23.3. The van der Waals surface area contributed by atoms with Crippen LogP contribution in [0.25, 0.3) is 20.4 Å². The third-order valence-electron chi connectivity index (χ3n) is 6.58. The van der Waals surface area contributed by atoms with Crippen LogP contribution in [0.2, 0.25) is 0 Å². The summed E-state index contributed by atoms with van der Waals surface area (Å²) < 4.78 is 1.08. The lowest BCUT2D eigenvalue weighted by atomic mass is 9.96. The largest absolute Gasteiger partial charge is 0.372 e. The Balaban J connectivity index is 1.13. The van der Waals surface area contributed by atoms with Crippen molar-refractivity contribution in [2.24, 2.45) is 5.92 Å². The Kier molecular flexibility index (Phi) is 6.85. The van der Waals surface area contributed by atoms with Crippen molar-refractivity contribution in [3.05, 3.63) is 55.0 Å². The summed E-state index contributed by atoms with van der Waals surface area (Å²) in [6.07, 6.45) is 6.07. The Morgan fingerprint density at radius 3 is 2.74 bits per heavy atom. The van der Waals surface area contributed by atoms with Crippen LogP contribution >= 0.6 is 11.3 Å². The summed E-state index contributed by atoms with van der Waals surface area (Å²) in [5, 5.41) is 4.25. The Hall–Kier alpha value is -3.26. The molecule has 8 heteroatoms. The summed E-state index contributed by atoms with van der Waals surface area (Å²) in [6, 6.07) is 14.5. The van der Waals surface area contributed by atoms with Crippen molar-refractivity contribution < 1.29 is 4.79 Å². The number of nitrogens with zero attached hydrogens (tertiary/aromatic N) is 5. The highest BCUT2D eigenvalue weighted by Crippen LogP contribution is 2.37. The second-order valence-corrected chi connectivity index (χ2v) is 9.65. The molecule has 1 aromatic carbocycles. The number of carbonyl (C=O) groups excluding carboxylic acids is 1. The van der Waals surface area contributed by atoms with Crippen LogP contribution in [-0.4, -0.2) is 53.6 Å². The number of thiophene rings is 1. The third kappa shape index (κ3) is 4.68. The Morgan fingerprint density at radius 2 is 1.94 bits per heavy atom. The highest BCUT2D eigenvalue weighted by atomic mass is 32.1. The van der Waals surface area contributed by atoms with E-state index in [-0.39, 0.29) is 11.8 Å².